The smallest absolute Gasteiger partial charge is 0.0696 e. The van der Waals surface area contributed by atoms with Crippen molar-refractivity contribution in [3.63, 3.8) is 0 Å². The van der Waals surface area contributed by atoms with Crippen LogP contribution >= 0.6 is 0 Å². The number of hydrogen-bond donors (Lipinski definition) is 1. The Morgan fingerprint density at radius 3 is 3.00 bits per heavy atom. The fraction of sp³-hybridized carbons (Fsp3) is 0.667. The van der Waals surface area contributed by atoms with E-state index in [2.05, 4.69) is 23.4 Å². The molecule has 12 heavy (non-hydrogen) atoms. The van der Waals surface area contributed by atoms with Gasteiger partial charge in [0.2, 0.25) is 0 Å². The van der Waals surface area contributed by atoms with Crippen LogP contribution in [-0.4, -0.2) is 22.9 Å². The van der Waals surface area contributed by atoms with E-state index in [4.69, 9.17) is 0 Å². The van der Waals surface area contributed by atoms with E-state index >= 15 is 0 Å². The van der Waals surface area contributed by atoms with Crippen LogP contribution in [0.3, 0.4) is 0 Å². The number of aryl methyl sites for hydroxylation is 1. The van der Waals surface area contributed by atoms with Gasteiger partial charge in [-0.05, 0) is 19.0 Å². The van der Waals surface area contributed by atoms with Crippen molar-refractivity contribution in [2.24, 2.45) is 7.05 Å². The minimum absolute atomic E-state index is 0.265. The average molecular weight is 165 g/mol. The SMILES string of the molecule is Cn1ccc(C2(C)CCNC2)n1. The van der Waals surface area contributed by atoms with Gasteiger partial charge in [-0.15, -0.1) is 0 Å². The van der Waals surface area contributed by atoms with Crippen molar-refractivity contribution in [2.75, 3.05) is 13.1 Å². The highest BCUT2D eigenvalue weighted by Crippen LogP contribution is 2.28. The summed E-state index contributed by atoms with van der Waals surface area (Å²) in [6.07, 6.45) is 3.21. The molecule has 1 aliphatic heterocycles. The summed E-state index contributed by atoms with van der Waals surface area (Å²) in [4.78, 5) is 0. The third kappa shape index (κ3) is 1.14. The quantitative estimate of drug-likeness (QED) is 0.663. The minimum atomic E-state index is 0.265. The molecule has 1 N–H and O–H groups in total. The van der Waals surface area contributed by atoms with Gasteiger partial charge in [0.1, 0.15) is 0 Å². The van der Waals surface area contributed by atoms with Crippen LogP contribution < -0.4 is 5.32 Å². The van der Waals surface area contributed by atoms with E-state index in [-0.39, 0.29) is 5.41 Å². The second-order valence-corrected chi connectivity index (χ2v) is 3.86. The van der Waals surface area contributed by atoms with E-state index in [0.29, 0.717) is 0 Å². The Labute approximate surface area is 72.8 Å². The Bertz CT molecular complexity index is 271. The highest BCUT2D eigenvalue weighted by Gasteiger charge is 2.32. The van der Waals surface area contributed by atoms with Crippen LogP contribution in [0.25, 0.3) is 0 Å². The molecule has 0 saturated carbocycles. The molecule has 66 valence electrons. The van der Waals surface area contributed by atoms with Crippen LogP contribution in [0.4, 0.5) is 0 Å². The molecule has 0 spiro atoms. The second-order valence-electron chi connectivity index (χ2n) is 3.86. The van der Waals surface area contributed by atoms with Gasteiger partial charge < -0.3 is 5.32 Å². The average Bonchev–Trinajstić information content (AvgIpc) is 2.59. The van der Waals surface area contributed by atoms with Crippen molar-refractivity contribution >= 4 is 0 Å². The zero-order chi connectivity index (χ0) is 8.60. The van der Waals surface area contributed by atoms with Crippen molar-refractivity contribution < 1.29 is 0 Å². The fourth-order valence-electron chi connectivity index (χ4n) is 1.77. The molecule has 0 bridgehead atoms. The van der Waals surface area contributed by atoms with Crippen LogP contribution in [0.5, 0.6) is 0 Å². The first-order chi connectivity index (χ1) is 5.71. The Morgan fingerprint density at radius 1 is 1.67 bits per heavy atom. The third-order valence-electron chi connectivity index (χ3n) is 2.70. The lowest BCUT2D eigenvalue weighted by atomic mass is 9.86. The van der Waals surface area contributed by atoms with Crippen LogP contribution in [0.2, 0.25) is 0 Å². The van der Waals surface area contributed by atoms with Gasteiger partial charge in [0.25, 0.3) is 0 Å². The highest BCUT2D eigenvalue weighted by molar-refractivity contribution is 5.16. The number of aromatic nitrogens is 2. The molecule has 1 aromatic heterocycles. The molecule has 1 saturated heterocycles. The van der Waals surface area contributed by atoms with Crippen molar-refractivity contribution in [1.29, 1.82) is 0 Å². The molecule has 1 unspecified atom stereocenters. The first-order valence-corrected chi connectivity index (χ1v) is 4.42. The molecule has 3 nitrogen and oxygen atoms in total. The Hall–Kier alpha value is -0.830. The molecule has 1 fully saturated rings. The van der Waals surface area contributed by atoms with Crippen molar-refractivity contribution in [2.45, 2.75) is 18.8 Å². The van der Waals surface area contributed by atoms with E-state index in [0.717, 1.165) is 13.1 Å². The summed E-state index contributed by atoms with van der Waals surface area (Å²) in [6, 6.07) is 2.12. The standard InChI is InChI=1S/C9H15N3/c1-9(4-5-10-7-9)8-3-6-12(2)11-8/h3,6,10H,4-5,7H2,1-2H3. The molecule has 1 aromatic rings. The lowest BCUT2D eigenvalue weighted by Gasteiger charge is -2.19. The van der Waals surface area contributed by atoms with Gasteiger partial charge >= 0.3 is 0 Å². The molecule has 0 radical (unpaired) electrons. The lowest BCUT2D eigenvalue weighted by Crippen LogP contribution is -2.25. The van der Waals surface area contributed by atoms with E-state index in [1.807, 2.05) is 17.9 Å². The van der Waals surface area contributed by atoms with Crippen LogP contribution in [0, 0.1) is 0 Å². The van der Waals surface area contributed by atoms with Gasteiger partial charge in [-0.1, -0.05) is 6.92 Å². The van der Waals surface area contributed by atoms with Gasteiger partial charge in [-0.2, -0.15) is 5.10 Å². The molecule has 0 aromatic carbocycles. The van der Waals surface area contributed by atoms with E-state index in [9.17, 15) is 0 Å². The molecule has 0 aliphatic carbocycles. The third-order valence-corrected chi connectivity index (χ3v) is 2.70. The summed E-state index contributed by atoms with van der Waals surface area (Å²) >= 11 is 0. The van der Waals surface area contributed by atoms with Crippen molar-refractivity contribution in [3.8, 4) is 0 Å². The number of nitrogens with one attached hydrogen (secondary N) is 1. The Morgan fingerprint density at radius 2 is 2.50 bits per heavy atom. The predicted molar refractivity (Wildman–Crippen MR) is 48.0 cm³/mol. The topological polar surface area (TPSA) is 29.9 Å². The predicted octanol–water partition coefficient (Wildman–Crippen LogP) is 0.671. The summed E-state index contributed by atoms with van der Waals surface area (Å²) in [6.45, 7) is 4.45. The molecular formula is C9H15N3. The largest absolute Gasteiger partial charge is 0.316 e. The maximum absolute atomic E-state index is 4.44. The number of rotatable bonds is 1. The first kappa shape index (κ1) is 7.80. The lowest BCUT2D eigenvalue weighted by molar-refractivity contribution is 0.498. The summed E-state index contributed by atoms with van der Waals surface area (Å²) in [5.41, 5.74) is 1.48. The fourth-order valence-corrected chi connectivity index (χ4v) is 1.77. The monoisotopic (exact) mass is 165 g/mol. The molecule has 3 heteroatoms. The Kier molecular flexibility index (Phi) is 1.68. The number of hydrogen-bond acceptors (Lipinski definition) is 2. The van der Waals surface area contributed by atoms with Crippen LogP contribution in [0.1, 0.15) is 19.0 Å². The van der Waals surface area contributed by atoms with Gasteiger partial charge in [-0.25, -0.2) is 0 Å². The zero-order valence-corrected chi connectivity index (χ0v) is 7.67. The van der Waals surface area contributed by atoms with Crippen molar-refractivity contribution in [3.05, 3.63) is 18.0 Å². The summed E-state index contributed by atoms with van der Waals surface area (Å²) in [7, 11) is 1.97. The van der Waals surface area contributed by atoms with Crippen LogP contribution in [-0.2, 0) is 12.5 Å². The van der Waals surface area contributed by atoms with Gasteiger partial charge in [0.05, 0.1) is 5.69 Å². The normalized spacial score (nSPS) is 29.5. The summed E-state index contributed by atoms with van der Waals surface area (Å²) < 4.78 is 1.87. The maximum atomic E-state index is 4.44. The van der Waals surface area contributed by atoms with Gasteiger partial charge in [0, 0.05) is 25.2 Å². The number of nitrogens with zero attached hydrogens (tertiary/aromatic N) is 2. The second kappa shape index (κ2) is 2.59. The molecule has 0 amide bonds. The molecule has 2 heterocycles. The van der Waals surface area contributed by atoms with E-state index in [1.165, 1.54) is 12.1 Å². The first-order valence-electron chi connectivity index (χ1n) is 4.42. The van der Waals surface area contributed by atoms with Gasteiger partial charge in [0.15, 0.2) is 0 Å². The molecule has 2 rings (SSSR count). The van der Waals surface area contributed by atoms with Crippen LogP contribution in [0.15, 0.2) is 12.3 Å². The minimum Gasteiger partial charge on any atom is -0.316 e. The summed E-state index contributed by atoms with van der Waals surface area (Å²) in [5.74, 6) is 0. The molecule has 1 atom stereocenters. The highest BCUT2D eigenvalue weighted by atomic mass is 15.3. The van der Waals surface area contributed by atoms with Crippen molar-refractivity contribution in [1.82, 2.24) is 15.1 Å². The zero-order valence-electron chi connectivity index (χ0n) is 7.67. The molecular weight excluding hydrogens is 150 g/mol. The Balaban J connectivity index is 2.28. The van der Waals surface area contributed by atoms with E-state index in [1.54, 1.807) is 0 Å². The van der Waals surface area contributed by atoms with Gasteiger partial charge in [-0.3, -0.25) is 4.68 Å². The molecule has 1 aliphatic rings. The van der Waals surface area contributed by atoms with E-state index < -0.39 is 0 Å². The summed E-state index contributed by atoms with van der Waals surface area (Å²) in [5, 5.41) is 7.81. The maximum Gasteiger partial charge on any atom is 0.0696 e.